The number of benzene rings is 2. The second-order valence-electron chi connectivity index (χ2n) is 7.20. The molecule has 1 atom stereocenters. The summed E-state index contributed by atoms with van der Waals surface area (Å²) in [7, 11) is 0. The van der Waals surface area contributed by atoms with Crippen LogP contribution >= 0.6 is 11.8 Å². The van der Waals surface area contributed by atoms with Gasteiger partial charge in [-0.3, -0.25) is 9.36 Å². The Hall–Kier alpha value is -2.11. The van der Waals surface area contributed by atoms with Crippen molar-refractivity contribution in [2.24, 2.45) is 0 Å². The van der Waals surface area contributed by atoms with Crippen LogP contribution in [0.2, 0.25) is 0 Å². The zero-order valence-electron chi connectivity index (χ0n) is 15.8. The van der Waals surface area contributed by atoms with Gasteiger partial charge in [0.25, 0.3) is 5.56 Å². The zero-order chi connectivity index (χ0) is 18.8. The summed E-state index contributed by atoms with van der Waals surface area (Å²) >= 11 is 1.62. The fourth-order valence-corrected chi connectivity index (χ4v) is 4.70. The van der Waals surface area contributed by atoms with E-state index in [9.17, 15) is 4.79 Å². The van der Waals surface area contributed by atoms with E-state index in [2.05, 4.69) is 19.9 Å². The Balaban J connectivity index is 1.81. The standard InChI is InChI=1S/C22H24N2O2S/c1-15-11-16(2)13-17(12-15)24-21(25)19-8-3-4-9-20(19)23-22(24)27-14-18-7-5-6-10-26-18/h3-4,8-9,11-13,18H,5-7,10,14H2,1-2H3/t18-/m1/s1. The van der Waals surface area contributed by atoms with Gasteiger partial charge in [0, 0.05) is 12.4 Å². The summed E-state index contributed by atoms with van der Waals surface area (Å²) in [5.41, 5.74) is 3.88. The summed E-state index contributed by atoms with van der Waals surface area (Å²) in [5.74, 6) is 0.815. The molecule has 1 aromatic heterocycles. The van der Waals surface area contributed by atoms with Crippen LogP contribution < -0.4 is 5.56 Å². The van der Waals surface area contributed by atoms with Crippen LogP contribution in [0.1, 0.15) is 30.4 Å². The fraction of sp³-hybridized carbons (Fsp3) is 0.364. The van der Waals surface area contributed by atoms with Crippen molar-refractivity contribution in [1.82, 2.24) is 9.55 Å². The van der Waals surface area contributed by atoms with Crippen molar-refractivity contribution in [3.05, 3.63) is 63.9 Å². The molecular formula is C22H24N2O2S. The summed E-state index contributed by atoms with van der Waals surface area (Å²) in [6.45, 7) is 4.94. The summed E-state index contributed by atoms with van der Waals surface area (Å²) in [6.07, 6.45) is 3.66. The molecule has 2 aromatic carbocycles. The van der Waals surface area contributed by atoms with Crippen molar-refractivity contribution >= 4 is 22.7 Å². The predicted octanol–water partition coefficient (Wildman–Crippen LogP) is 4.66. The molecule has 0 bridgehead atoms. The Morgan fingerprint density at radius 3 is 2.67 bits per heavy atom. The molecule has 4 rings (SSSR count). The number of para-hydroxylation sites is 1. The lowest BCUT2D eigenvalue weighted by Crippen LogP contribution is -2.24. The lowest BCUT2D eigenvalue weighted by atomic mass is 10.1. The second-order valence-corrected chi connectivity index (χ2v) is 8.18. The largest absolute Gasteiger partial charge is 0.377 e. The molecule has 1 aliphatic rings. The van der Waals surface area contributed by atoms with E-state index in [0.29, 0.717) is 5.39 Å². The maximum atomic E-state index is 13.3. The Kier molecular flexibility index (Phi) is 5.32. The number of aromatic nitrogens is 2. The highest BCUT2D eigenvalue weighted by Gasteiger charge is 2.18. The van der Waals surface area contributed by atoms with Gasteiger partial charge in [-0.05, 0) is 68.5 Å². The monoisotopic (exact) mass is 380 g/mol. The zero-order valence-corrected chi connectivity index (χ0v) is 16.6. The molecule has 1 saturated heterocycles. The van der Waals surface area contributed by atoms with Crippen LogP contribution in [0.5, 0.6) is 0 Å². The Bertz CT molecular complexity index is 1000. The molecule has 1 aliphatic heterocycles. The van der Waals surface area contributed by atoms with Gasteiger partial charge < -0.3 is 4.74 Å². The van der Waals surface area contributed by atoms with E-state index in [1.165, 1.54) is 6.42 Å². The topological polar surface area (TPSA) is 44.1 Å². The van der Waals surface area contributed by atoms with Crippen molar-refractivity contribution in [1.29, 1.82) is 0 Å². The first-order valence-electron chi connectivity index (χ1n) is 9.47. The Morgan fingerprint density at radius 2 is 1.93 bits per heavy atom. The molecule has 4 nitrogen and oxygen atoms in total. The van der Waals surface area contributed by atoms with E-state index in [4.69, 9.17) is 9.72 Å². The van der Waals surface area contributed by atoms with E-state index in [0.717, 1.165) is 52.7 Å². The van der Waals surface area contributed by atoms with Gasteiger partial charge in [0.15, 0.2) is 5.16 Å². The molecule has 1 fully saturated rings. The van der Waals surface area contributed by atoms with Crippen LogP contribution in [0, 0.1) is 13.8 Å². The third kappa shape index (κ3) is 3.94. The number of ether oxygens (including phenoxy) is 1. The van der Waals surface area contributed by atoms with Crippen molar-refractivity contribution in [3.8, 4) is 5.69 Å². The highest BCUT2D eigenvalue weighted by Crippen LogP contribution is 2.26. The first-order valence-corrected chi connectivity index (χ1v) is 10.5. The third-order valence-electron chi connectivity index (χ3n) is 4.88. The maximum Gasteiger partial charge on any atom is 0.266 e. The molecule has 0 radical (unpaired) electrons. The molecular weight excluding hydrogens is 356 g/mol. The molecule has 0 amide bonds. The summed E-state index contributed by atoms with van der Waals surface area (Å²) < 4.78 is 7.62. The van der Waals surface area contributed by atoms with E-state index in [1.807, 2.05) is 36.4 Å². The number of rotatable bonds is 4. The van der Waals surface area contributed by atoms with E-state index >= 15 is 0 Å². The van der Waals surface area contributed by atoms with Crippen molar-refractivity contribution in [2.45, 2.75) is 44.4 Å². The van der Waals surface area contributed by atoms with E-state index in [1.54, 1.807) is 16.3 Å². The summed E-state index contributed by atoms with van der Waals surface area (Å²) in [6, 6.07) is 13.8. The third-order valence-corrected chi connectivity index (χ3v) is 5.95. The number of hydrogen-bond acceptors (Lipinski definition) is 4. The van der Waals surface area contributed by atoms with Gasteiger partial charge in [-0.15, -0.1) is 0 Å². The lowest BCUT2D eigenvalue weighted by Gasteiger charge is -2.22. The molecule has 0 aliphatic carbocycles. The van der Waals surface area contributed by atoms with Crippen LogP contribution in [-0.2, 0) is 4.74 Å². The number of aryl methyl sites for hydroxylation is 2. The van der Waals surface area contributed by atoms with Crippen molar-refractivity contribution in [2.75, 3.05) is 12.4 Å². The molecule has 2 heterocycles. The number of fused-ring (bicyclic) bond motifs is 1. The van der Waals surface area contributed by atoms with E-state index in [-0.39, 0.29) is 11.7 Å². The number of hydrogen-bond donors (Lipinski definition) is 0. The van der Waals surface area contributed by atoms with Gasteiger partial charge in [0.2, 0.25) is 0 Å². The van der Waals surface area contributed by atoms with Crippen LogP contribution in [-0.4, -0.2) is 28.0 Å². The smallest absolute Gasteiger partial charge is 0.266 e. The molecule has 5 heteroatoms. The Morgan fingerprint density at radius 1 is 1.15 bits per heavy atom. The SMILES string of the molecule is Cc1cc(C)cc(-n2c(SC[C@H]3CCCCO3)nc3ccccc3c2=O)c1. The average molecular weight is 381 g/mol. The first-order chi connectivity index (χ1) is 13.1. The highest BCUT2D eigenvalue weighted by molar-refractivity contribution is 7.99. The fourth-order valence-electron chi connectivity index (χ4n) is 3.62. The van der Waals surface area contributed by atoms with Crippen LogP contribution in [0.4, 0.5) is 0 Å². The van der Waals surface area contributed by atoms with Crippen LogP contribution in [0.3, 0.4) is 0 Å². The molecule has 3 aromatic rings. The molecule has 0 N–H and O–H groups in total. The number of nitrogens with zero attached hydrogens (tertiary/aromatic N) is 2. The number of thioether (sulfide) groups is 1. The molecule has 140 valence electrons. The normalized spacial score (nSPS) is 17.3. The van der Waals surface area contributed by atoms with Crippen LogP contribution in [0.15, 0.2) is 52.4 Å². The summed E-state index contributed by atoms with van der Waals surface area (Å²) in [4.78, 5) is 18.1. The lowest BCUT2D eigenvalue weighted by molar-refractivity contribution is 0.0315. The van der Waals surface area contributed by atoms with Crippen molar-refractivity contribution in [3.63, 3.8) is 0 Å². The van der Waals surface area contributed by atoms with Gasteiger partial charge in [-0.25, -0.2) is 4.98 Å². The van der Waals surface area contributed by atoms with Crippen LogP contribution in [0.25, 0.3) is 16.6 Å². The van der Waals surface area contributed by atoms with Gasteiger partial charge in [0.1, 0.15) is 0 Å². The maximum absolute atomic E-state index is 13.3. The quantitative estimate of drug-likeness (QED) is 0.488. The van der Waals surface area contributed by atoms with E-state index < -0.39 is 0 Å². The van der Waals surface area contributed by atoms with Gasteiger partial charge in [-0.1, -0.05) is 30.0 Å². The minimum Gasteiger partial charge on any atom is -0.377 e. The molecule has 0 unspecified atom stereocenters. The molecule has 0 saturated carbocycles. The molecule has 0 spiro atoms. The highest BCUT2D eigenvalue weighted by atomic mass is 32.2. The Labute approximate surface area is 163 Å². The minimum absolute atomic E-state index is 0.0161. The average Bonchev–Trinajstić information content (AvgIpc) is 2.66. The van der Waals surface area contributed by atoms with Crippen molar-refractivity contribution < 1.29 is 4.74 Å². The predicted molar refractivity (Wildman–Crippen MR) is 111 cm³/mol. The van der Waals surface area contributed by atoms with Gasteiger partial charge >= 0.3 is 0 Å². The first kappa shape index (κ1) is 18.3. The summed E-state index contributed by atoms with van der Waals surface area (Å²) in [5, 5.41) is 1.38. The minimum atomic E-state index is -0.0161. The second kappa shape index (κ2) is 7.87. The van der Waals surface area contributed by atoms with Gasteiger partial charge in [-0.2, -0.15) is 0 Å². The molecule has 27 heavy (non-hydrogen) atoms. The van der Waals surface area contributed by atoms with Gasteiger partial charge in [0.05, 0.1) is 22.7 Å².